The number of β-amino-alcohol motifs (C(OH)–C–C–N with tert-alkyl or cyclic N) is 1. The van der Waals surface area contributed by atoms with Crippen molar-refractivity contribution >= 4 is 17.7 Å². The standard InChI is InChI=1S/C14H18ClFN2O4/c15-12-2-1-10(5-13(12)16)21-8-9(19)6-18-4-3-11(7-18)22-14(17)20/h1-2,5,9,11,19H,3-4,6-8H2,(H2,17,20). The van der Waals surface area contributed by atoms with Crippen LogP contribution in [0.5, 0.6) is 5.75 Å². The monoisotopic (exact) mass is 332 g/mol. The molecule has 1 amide bonds. The number of aliphatic hydroxyl groups is 1. The number of primary amides is 1. The molecule has 1 saturated heterocycles. The molecular formula is C14H18ClFN2O4. The van der Waals surface area contributed by atoms with E-state index in [9.17, 15) is 14.3 Å². The van der Waals surface area contributed by atoms with Crippen LogP contribution in [0.4, 0.5) is 9.18 Å². The molecule has 0 spiro atoms. The first kappa shape index (κ1) is 16.8. The Labute approximate surface area is 132 Å². The summed E-state index contributed by atoms with van der Waals surface area (Å²) >= 11 is 5.58. The Bertz CT molecular complexity index is 532. The van der Waals surface area contributed by atoms with E-state index in [4.69, 9.17) is 26.8 Å². The second-order valence-corrected chi connectivity index (χ2v) is 5.56. The van der Waals surface area contributed by atoms with E-state index in [2.05, 4.69) is 0 Å². The van der Waals surface area contributed by atoms with Crippen molar-refractivity contribution in [1.29, 1.82) is 0 Å². The van der Waals surface area contributed by atoms with Gasteiger partial charge >= 0.3 is 6.09 Å². The Morgan fingerprint density at radius 3 is 3.05 bits per heavy atom. The second kappa shape index (κ2) is 7.62. The lowest BCUT2D eigenvalue weighted by Gasteiger charge is -2.20. The Kier molecular flexibility index (Phi) is 5.82. The first-order valence-electron chi connectivity index (χ1n) is 6.88. The van der Waals surface area contributed by atoms with Crippen LogP contribution in [0.25, 0.3) is 0 Å². The highest BCUT2D eigenvalue weighted by Crippen LogP contribution is 2.20. The van der Waals surface area contributed by atoms with Crippen LogP contribution >= 0.6 is 11.6 Å². The first-order chi connectivity index (χ1) is 10.4. The average Bonchev–Trinajstić information content (AvgIpc) is 2.86. The molecule has 3 N–H and O–H groups in total. The quantitative estimate of drug-likeness (QED) is 0.822. The van der Waals surface area contributed by atoms with E-state index in [1.165, 1.54) is 18.2 Å². The number of carbonyl (C=O) groups is 1. The van der Waals surface area contributed by atoms with E-state index < -0.39 is 18.0 Å². The lowest BCUT2D eigenvalue weighted by atomic mass is 10.3. The van der Waals surface area contributed by atoms with Crippen molar-refractivity contribution in [2.75, 3.05) is 26.2 Å². The molecule has 1 fully saturated rings. The molecule has 1 aromatic carbocycles. The summed E-state index contributed by atoms with van der Waals surface area (Å²) in [4.78, 5) is 12.6. The van der Waals surface area contributed by atoms with E-state index in [0.717, 1.165) is 0 Å². The van der Waals surface area contributed by atoms with Crippen LogP contribution in [-0.4, -0.2) is 54.5 Å². The third kappa shape index (κ3) is 5.01. The molecule has 1 aliphatic rings. The summed E-state index contributed by atoms with van der Waals surface area (Å²) in [6.07, 6.45) is -1.10. The Balaban J connectivity index is 1.73. The zero-order valence-electron chi connectivity index (χ0n) is 11.9. The Hall–Kier alpha value is -1.57. The summed E-state index contributed by atoms with van der Waals surface area (Å²) < 4.78 is 23.5. The van der Waals surface area contributed by atoms with Gasteiger partial charge in [-0.25, -0.2) is 9.18 Å². The molecule has 0 saturated carbocycles. The van der Waals surface area contributed by atoms with Crippen LogP contribution in [0.15, 0.2) is 18.2 Å². The van der Waals surface area contributed by atoms with Gasteiger partial charge in [0.15, 0.2) is 0 Å². The van der Waals surface area contributed by atoms with Crippen molar-refractivity contribution in [2.45, 2.75) is 18.6 Å². The fourth-order valence-corrected chi connectivity index (χ4v) is 2.45. The zero-order chi connectivity index (χ0) is 16.1. The lowest BCUT2D eigenvalue weighted by molar-refractivity contribution is 0.0672. The molecule has 2 rings (SSSR count). The lowest BCUT2D eigenvalue weighted by Crippen LogP contribution is -2.35. The maximum atomic E-state index is 13.2. The van der Waals surface area contributed by atoms with Gasteiger partial charge in [0, 0.05) is 25.7 Å². The molecule has 1 aliphatic heterocycles. The predicted octanol–water partition coefficient (Wildman–Crippen LogP) is 1.39. The number of carbonyl (C=O) groups excluding carboxylic acids is 1. The fourth-order valence-electron chi connectivity index (χ4n) is 2.33. The van der Waals surface area contributed by atoms with Crippen LogP contribution in [0.2, 0.25) is 5.02 Å². The third-order valence-electron chi connectivity index (χ3n) is 3.31. The Morgan fingerprint density at radius 2 is 2.36 bits per heavy atom. The minimum atomic E-state index is -0.791. The molecule has 1 heterocycles. The normalized spacial score (nSPS) is 19.9. The van der Waals surface area contributed by atoms with E-state index in [-0.39, 0.29) is 17.7 Å². The third-order valence-corrected chi connectivity index (χ3v) is 3.62. The topological polar surface area (TPSA) is 85.0 Å². The van der Waals surface area contributed by atoms with Gasteiger partial charge in [-0.3, -0.25) is 4.90 Å². The molecule has 0 aliphatic carbocycles. The van der Waals surface area contributed by atoms with E-state index in [1.807, 2.05) is 4.90 Å². The minimum absolute atomic E-state index is 0.0189. The predicted molar refractivity (Wildman–Crippen MR) is 78.4 cm³/mol. The number of hydrogen-bond acceptors (Lipinski definition) is 5. The SMILES string of the molecule is NC(=O)OC1CCN(CC(O)COc2ccc(Cl)c(F)c2)C1. The maximum absolute atomic E-state index is 13.2. The van der Waals surface area contributed by atoms with Crippen molar-refractivity contribution in [1.82, 2.24) is 4.90 Å². The van der Waals surface area contributed by atoms with Gasteiger partial charge in [-0.05, 0) is 18.6 Å². The molecule has 0 bridgehead atoms. The van der Waals surface area contributed by atoms with Gasteiger partial charge in [0.25, 0.3) is 0 Å². The number of amides is 1. The highest BCUT2D eigenvalue weighted by atomic mass is 35.5. The summed E-state index contributed by atoms with van der Waals surface area (Å²) in [5, 5.41) is 9.96. The Morgan fingerprint density at radius 1 is 1.59 bits per heavy atom. The number of aliphatic hydroxyl groups excluding tert-OH is 1. The van der Waals surface area contributed by atoms with E-state index >= 15 is 0 Å². The number of halogens is 2. The molecule has 1 aromatic rings. The summed E-state index contributed by atoms with van der Waals surface area (Å²) in [5.74, 6) is -0.267. The molecule has 8 heteroatoms. The largest absolute Gasteiger partial charge is 0.491 e. The molecule has 122 valence electrons. The van der Waals surface area contributed by atoms with Gasteiger partial charge in [-0.1, -0.05) is 11.6 Å². The van der Waals surface area contributed by atoms with E-state index in [0.29, 0.717) is 31.8 Å². The van der Waals surface area contributed by atoms with Crippen LogP contribution in [0, 0.1) is 5.82 Å². The maximum Gasteiger partial charge on any atom is 0.404 e. The molecule has 0 aromatic heterocycles. The van der Waals surface area contributed by atoms with Gasteiger partial charge in [0.05, 0.1) is 5.02 Å². The number of nitrogens with zero attached hydrogens (tertiary/aromatic N) is 1. The highest BCUT2D eigenvalue weighted by Gasteiger charge is 2.26. The molecule has 2 atom stereocenters. The van der Waals surface area contributed by atoms with Crippen molar-refractivity contribution in [3.8, 4) is 5.75 Å². The van der Waals surface area contributed by atoms with Crippen molar-refractivity contribution in [3.05, 3.63) is 29.0 Å². The minimum Gasteiger partial charge on any atom is -0.491 e. The number of likely N-dealkylation sites (tertiary alicyclic amines) is 1. The summed E-state index contributed by atoms with van der Waals surface area (Å²) in [6.45, 7) is 1.62. The number of hydrogen-bond donors (Lipinski definition) is 2. The van der Waals surface area contributed by atoms with Crippen molar-refractivity contribution < 1.29 is 23.8 Å². The fraction of sp³-hybridized carbons (Fsp3) is 0.500. The molecule has 22 heavy (non-hydrogen) atoms. The van der Waals surface area contributed by atoms with Crippen LogP contribution in [-0.2, 0) is 4.74 Å². The van der Waals surface area contributed by atoms with Gasteiger partial charge in [-0.15, -0.1) is 0 Å². The second-order valence-electron chi connectivity index (χ2n) is 5.15. The molecule has 0 radical (unpaired) electrons. The van der Waals surface area contributed by atoms with E-state index in [1.54, 1.807) is 0 Å². The highest BCUT2D eigenvalue weighted by molar-refractivity contribution is 6.30. The van der Waals surface area contributed by atoms with Gasteiger partial charge < -0.3 is 20.3 Å². The van der Waals surface area contributed by atoms with Crippen LogP contribution in [0.3, 0.4) is 0 Å². The molecule has 6 nitrogen and oxygen atoms in total. The zero-order valence-corrected chi connectivity index (χ0v) is 12.6. The van der Waals surface area contributed by atoms with Gasteiger partial charge in [0.2, 0.25) is 0 Å². The van der Waals surface area contributed by atoms with Crippen molar-refractivity contribution in [3.63, 3.8) is 0 Å². The van der Waals surface area contributed by atoms with Gasteiger partial charge in [-0.2, -0.15) is 0 Å². The van der Waals surface area contributed by atoms with Crippen LogP contribution in [0.1, 0.15) is 6.42 Å². The van der Waals surface area contributed by atoms with Crippen molar-refractivity contribution in [2.24, 2.45) is 5.73 Å². The van der Waals surface area contributed by atoms with Gasteiger partial charge in [0.1, 0.15) is 30.4 Å². The summed E-state index contributed by atoms with van der Waals surface area (Å²) in [6, 6.07) is 4.09. The first-order valence-corrected chi connectivity index (χ1v) is 7.26. The molecule has 2 unspecified atom stereocenters. The average molecular weight is 333 g/mol. The number of benzene rings is 1. The smallest absolute Gasteiger partial charge is 0.404 e. The summed E-state index contributed by atoms with van der Waals surface area (Å²) in [7, 11) is 0. The number of ether oxygens (including phenoxy) is 2. The number of nitrogens with two attached hydrogens (primary N) is 1. The molecular weight excluding hydrogens is 315 g/mol. The number of rotatable bonds is 6. The van der Waals surface area contributed by atoms with Crippen LogP contribution < -0.4 is 10.5 Å². The summed E-state index contributed by atoms with van der Waals surface area (Å²) in [5.41, 5.74) is 4.96.